The molecule has 1 aliphatic rings. The molecule has 0 unspecified atom stereocenters. The summed E-state index contributed by atoms with van der Waals surface area (Å²) < 4.78 is 26.5. The molecule has 0 atom stereocenters. The van der Waals surface area contributed by atoms with Crippen LogP contribution in [0, 0.1) is 0 Å². The summed E-state index contributed by atoms with van der Waals surface area (Å²) in [4.78, 5) is 0.285. The number of nitrogens with one attached hydrogen (secondary N) is 1. The Balaban J connectivity index is 2.20. The monoisotopic (exact) mass is 269 g/mol. The summed E-state index contributed by atoms with van der Waals surface area (Å²) in [5, 5.41) is 9.56. The highest BCUT2D eigenvalue weighted by Gasteiger charge is 2.21. The molecule has 5 heteroatoms. The van der Waals surface area contributed by atoms with Gasteiger partial charge in [-0.15, -0.1) is 0 Å². The Morgan fingerprint density at radius 3 is 2.61 bits per heavy atom. The summed E-state index contributed by atoms with van der Waals surface area (Å²) in [6.45, 7) is 3.14. The molecule has 0 radical (unpaired) electrons. The van der Waals surface area contributed by atoms with Crippen molar-refractivity contribution in [3.8, 4) is 0 Å². The Morgan fingerprint density at radius 2 is 1.94 bits per heavy atom. The summed E-state index contributed by atoms with van der Waals surface area (Å²) in [6, 6.07) is 5.27. The van der Waals surface area contributed by atoms with Gasteiger partial charge in [-0.05, 0) is 56.4 Å². The molecule has 2 rings (SSSR count). The summed E-state index contributed by atoms with van der Waals surface area (Å²) in [5.41, 5.74) is 1.32. The summed E-state index contributed by atoms with van der Waals surface area (Å²) in [6.07, 6.45) is 3.08. The summed E-state index contributed by atoms with van der Waals surface area (Å²) in [5.74, 6) is 0. The van der Waals surface area contributed by atoms with Gasteiger partial charge >= 0.3 is 0 Å². The van der Waals surface area contributed by atoms with Gasteiger partial charge in [-0.3, -0.25) is 0 Å². The Kier molecular flexibility index (Phi) is 3.49. The molecule has 0 aromatic heterocycles. The molecule has 0 heterocycles. The Hall–Kier alpha value is -0.910. The van der Waals surface area contributed by atoms with Gasteiger partial charge in [0, 0.05) is 6.54 Å². The lowest BCUT2D eigenvalue weighted by Gasteiger charge is -2.18. The highest BCUT2D eigenvalue weighted by atomic mass is 32.2. The predicted octanol–water partition coefficient (Wildman–Crippen LogP) is 1.22. The average Bonchev–Trinajstić information content (AvgIpc) is 2.72. The lowest BCUT2D eigenvalue weighted by atomic mass is 10.1. The van der Waals surface area contributed by atoms with E-state index in [1.807, 2.05) is 6.07 Å². The van der Waals surface area contributed by atoms with Crippen LogP contribution in [-0.2, 0) is 22.9 Å². The number of aryl methyl sites for hydroxylation is 2. The van der Waals surface area contributed by atoms with Crippen molar-refractivity contribution in [1.29, 1.82) is 0 Å². The van der Waals surface area contributed by atoms with Gasteiger partial charge in [-0.25, -0.2) is 13.1 Å². The minimum Gasteiger partial charge on any atom is -0.389 e. The molecule has 18 heavy (non-hydrogen) atoms. The maximum absolute atomic E-state index is 12.1. The normalized spacial score (nSPS) is 15.7. The smallest absolute Gasteiger partial charge is 0.240 e. The van der Waals surface area contributed by atoms with Crippen LogP contribution < -0.4 is 4.72 Å². The Labute approximate surface area is 108 Å². The van der Waals surface area contributed by atoms with E-state index in [1.54, 1.807) is 26.0 Å². The standard InChI is InChI=1S/C13H19NO3S/c1-13(2,15)9-14-18(16,17)12-7-6-10-4-3-5-11(10)8-12/h6-8,14-15H,3-5,9H2,1-2H3. The van der Waals surface area contributed by atoms with Crippen LogP contribution in [0.4, 0.5) is 0 Å². The number of hydrogen-bond donors (Lipinski definition) is 2. The number of rotatable bonds is 4. The van der Waals surface area contributed by atoms with E-state index in [0.717, 1.165) is 24.8 Å². The van der Waals surface area contributed by atoms with Crippen LogP contribution in [0.3, 0.4) is 0 Å². The molecule has 0 saturated heterocycles. The fourth-order valence-electron chi connectivity index (χ4n) is 2.07. The van der Waals surface area contributed by atoms with Gasteiger partial charge in [0.25, 0.3) is 0 Å². The molecule has 0 spiro atoms. The van der Waals surface area contributed by atoms with Crippen LogP contribution in [0.2, 0.25) is 0 Å². The third-order valence-corrected chi connectivity index (χ3v) is 4.47. The minimum absolute atomic E-state index is 0.00637. The van der Waals surface area contributed by atoms with Gasteiger partial charge in [-0.1, -0.05) is 6.07 Å². The molecule has 0 amide bonds. The lowest BCUT2D eigenvalue weighted by Crippen LogP contribution is -2.38. The average molecular weight is 269 g/mol. The number of benzene rings is 1. The van der Waals surface area contributed by atoms with Crippen molar-refractivity contribution in [3.05, 3.63) is 29.3 Å². The number of aliphatic hydroxyl groups is 1. The SMILES string of the molecule is CC(C)(O)CNS(=O)(=O)c1ccc2c(c1)CCC2. The quantitative estimate of drug-likeness (QED) is 0.864. The number of hydrogen-bond acceptors (Lipinski definition) is 3. The van der Waals surface area contributed by atoms with Gasteiger partial charge < -0.3 is 5.11 Å². The predicted molar refractivity (Wildman–Crippen MR) is 70.0 cm³/mol. The van der Waals surface area contributed by atoms with Crippen molar-refractivity contribution < 1.29 is 13.5 Å². The van der Waals surface area contributed by atoms with E-state index in [2.05, 4.69) is 4.72 Å². The second kappa shape index (κ2) is 4.64. The first-order valence-electron chi connectivity index (χ1n) is 6.12. The fourth-order valence-corrected chi connectivity index (χ4v) is 3.32. The third kappa shape index (κ3) is 3.10. The van der Waals surface area contributed by atoms with Gasteiger partial charge in [0.2, 0.25) is 10.0 Å². The van der Waals surface area contributed by atoms with Crippen LogP contribution in [0.5, 0.6) is 0 Å². The van der Waals surface area contributed by atoms with Gasteiger partial charge in [-0.2, -0.15) is 0 Å². The highest BCUT2D eigenvalue weighted by Crippen LogP contribution is 2.24. The van der Waals surface area contributed by atoms with Crippen molar-refractivity contribution in [3.63, 3.8) is 0 Å². The minimum atomic E-state index is -3.53. The van der Waals surface area contributed by atoms with Crippen molar-refractivity contribution in [2.45, 2.75) is 43.6 Å². The van der Waals surface area contributed by atoms with Crippen LogP contribution in [-0.4, -0.2) is 25.7 Å². The molecule has 0 aliphatic heterocycles. The highest BCUT2D eigenvalue weighted by molar-refractivity contribution is 7.89. The number of fused-ring (bicyclic) bond motifs is 1. The Bertz CT molecular complexity index is 544. The van der Waals surface area contributed by atoms with Gasteiger partial charge in [0.05, 0.1) is 10.5 Å². The first-order valence-corrected chi connectivity index (χ1v) is 7.60. The van der Waals surface area contributed by atoms with E-state index in [4.69, 9.17) is 0 Å². The van der Waals surface area contributed by atoms with Crippen LogP contribution >= 0.6 is 0 Å². The zero-order chi connectivity index (χ0) is 13.4. The van der Waals surface area contributed by atoms with Crippen LogP contribution in [0.25, 0.3) is 0 Å². The van der Waals surface area contributed by atoms with Crippen molar-refractivity contribution in [2.75, 3.05) is 6.54 Å². The first-order chi connectivity index (χ1) is 8.28. The van der Waals surface area contributed by atoms with Gasteiger partial charge in [0.1, 0.15) is 0 Å². The van der Waals surface area contributed by atoms with E-state index >= 15 is 0 Å². The molecular formula is C13H19NO3S. The molecule has 0 saturated carbocycles. The fraction of sp³-hybridized carbons (Fsp3) is 0.538. The third-order valence-electron chi connectivity index (χ3n) is 3.08. The molecule has 0 fully saturated rings. The molecule has 2 N–H and O–H groups in total. The van der Waals surface area contributed by atoms with Crippen molar-refractivity contribution in [2.24, 2.45) is 0 Å². The maximum Gasteiger partial charge on any atom is 0.240 e. The Morgan fingerprint density at radius 1 is 1.28 bits per heavy atom. The zero-order valence-electron chi connectivity index (χ0n) is 10.7. The van der Waals surface area contributed by atoms with E-state index in [-0.39, 0.29) is 11.4 Å². The molecule has 100 valence electrons. The van der Waals surface area contributed by atoms with E-state index < -0.39 is 15.6 Å². The second-order valence-corrected chi connectivity index (χ2v) is 7.19. The topological polar surface area (TPSA) is 66.4 Å². The largest absolute Gasteiger partial charge is 0.389 e. The summed E-state index contributed by atoms with van der Waals surface area (Å²) >= 11 is 0. The number of sulfonamides is 1. The summed E-state index contributed by atoms with van der Waals surface area (Å²) in [7, 11) is -3.53. The van der Waals surface area contributed by atoms with Crippen LogP contribution in [0.1, 0.15) is 31.4 Å². The van der Waals surface area contributed by atoms with Crippen molar-refractivity contribution >= 4 is 10.0 Å². The van der Waals surface area contributed by atoms with Crippen molar-refractivity contribution in [1.82, 2.24) is 4.72 Å². The van der Waals surface area contributed by atoms with Gasteiger partial charge in [0.15, 0.2) is 0 Å². The molecular weight excluding hydrogens is 250 g/mol. The second-order valence-electron chi connectivity index (χ2n) is 5.42. The van der Waals surface area contributed by atoms with E-state index in [1.165, 1.54) is 5.56 Å². The molecule has 4 nitrogen and oxygen atoms in total. The zero-order valence-corrected chi connectivity index (χ0v) is 11.5. The first kappa shape index (κ1) is 13.5. The molecule has 1 aromatic rings. The van der Waals surface area contributed by atoms with E-state index in [0.29, 0.717) is 0 Å². The molecule has 0 bridgehead atoms. The van der Waals surface area contributed by atoms with E-state index in [9.17, 15) is 13.5 Å². The maximum atomic E-state index is 12.1. The lowest BCUT2D eigenvalue weighted by molar-refractivity contribution is 0.0857. The van der Waals surface area contributed by atoms with Crippen LogP contribution in [0.15, 0.2) is 23.1 Å². The molecule has 1 aromatic carbocycles. The molecule has 1 aliphatic carbocycles.